The van der Waals surface area contributed by atoms with Crippen molar-refractivity contribution in [1.29, 1.82) is 0 Å². The first kappa shape index (κ1) is 12.4. The topological polar surface area (TPSA) is 53.2 Å². The van der Waals surface area contributed by atoms with E-state index in [1.807, 2.05) is 24.3 Å². The van der Waals surface area contributed by atoms with Gasteiger partial charge in [-0.3, -0.25) is 9.59 Å². The lowest BCUT2D eigenvalue weighted by Gasteiger charge is -2.40. The molecule has 5 rings (SSSR count). The van der Waals surface area contributed by atoms with Gasteiger partial charge in [-0.05, 0) is 24.8 Å². The molecule has 1 aromatic carbocycles. The number of benzene rings is 1. The minimum absolute atomic E-state index is 0.0941. The van der Waals surface area contributed by atoms with Crippen LogP contribution in [0.25, 0.3) is 10.9 Å². The van der Waals surface area contributed by atoms with E-state index in [2.05, 4.69) is 17.1 Å². The zero-order chi connectivity index (χ0) is 14.4. The minimum Gasteiger partial charge on any atom is -0.360 e. The number of amides is 1. The molecule has 1 aromatic heterocycles. The van der Waals surface area contributed by atoms with Crippen LogP contribution in [0.4, 0.5) is 0 Å². The number of carbonyl (C=O) groups is 2. The fraction of sp³-hybridized carbons (Fsp3) is 0.294. The van der Waals surface area contributed by atoms with E-state index >= 15 is 0 Å². The molecule has 1 N–H and O–H groups in total. The Kier molecular flexibility index (Phi) is 2.70. The second kappa shape index (κ2) is 4.58. The monoisotopic (exact) mass is 280 g/mol. The molecule has 2 aliphatic heterocycles. The second-order valence-electron chi connectivity index (χ2n) is 5.82. The summed E-state index contributed by atoms with van der Waals surface area (Å²) in [7, 11) is 0. The largest absolute Gasteiger partial charge is 0.360 e. The highest BCUT2D eigenvalue weighted by Gasteiger charge is 2.36. The summed E-state index contributed by atoms with van der Waals surface area (Å²) in [5.41, 5.74) is 1.36. The number of para-hydroxylation sites is 1. The number of fused-ring (bicyclic) bond motifs is 3. The summed E-state index contributed by atoms with van der Waals surface area (Å²) in [5, 5.41) is 0.813. The Balaban J connectivity index is 1.66. The predicted octanol–water partition coefficient (Wildman–Crippen LogP) is 2.53. The predicted molar refractivity (Wildman–Crippen MR) is 80.0 cm³/mol. The van der Waals surface area contributed by atoms with Crippen LogP contribution < -0.4 is 0 Å². The van der Waals surface area contributed by atoms with Crippen molar-refractivity contribution < 1.29 is 9.59 Å². The average Bonchev–Trinajstić information content (AvgIpc) is 2.98. The van der Waals surface area contributed by atoms with E-state index in [9.17, 15) is 9.59 Å². The highest BCUT2D eigenvalue weighted by atomic mass is 16.2. The van der Waals surface area contributed by atoms with Crippen molar-refractivity contribution in [2.75, 3.05) is 6.54 Å². The maximum Gasteiger partial charge on any atom is 0.295 e. The molecule has 0 saturated carbocycles. The van der Waals surface area contributed by atoms with E-state index in [1.165, 1.54) is 0 Å². The van der Waals surface area contributed by atoms with Gasteiger partial charge in [0.1, 0.15) is 0 Å². The number of Topliss-reactive ketones (excluding diaryl/α,β-unsaturated/α-hetero) is 1. The van der Waals surface area contributed by atoms with Crippen molar-refractivity contribution in [3.05, 3.63) is 48.2 Å². The standard InChI is InChI=1S/C17H16N2O2/c20-16(14-9-18-15-4-2-1-3-13(14)15)17(21)19-10-11-5-7-12(19)8-6-11/h1-5,7,9,11-12,18H,6,8,10H2/t11-,12-/m0/s1. The van der Waals surface area contributed by atoms with E-state index in [4.69, 9.17) is 0 Å². The summed E-state index contributed by atoms with van der Waals surface area (Å²) in [5.74, 6) is -0.373. The highest BCUT2D eigenvalue weighted by Crippen LogP contribution is 2.30. The van der Waals surface area contributed by atoms with E-state index < -0.39 is 5.78 Å². The lowest BCUT2D eigenvalue weighted by Crippen LogP contribution is -2.50. The van der Waals surface area contributed by atoms with Crippen LogP contribution in [0, 0.1) is 5.92 Å². The summed E-state index contributed by atoms with van der Waals surface area (Å²) in [6.45, 7) is 0.675. The summed E-state index contributed by atoms with van der Waals surface area (Å²) in [4.78, 5) is 29.9. The van der Waals surface area contributed by atoms with Gasteiger partial charge in [0.15, 0.2) is 0 Å². The molecule has 2 atom stereocenters. The Bertz CT molecular complexity index is 759. The molecule has 1 amide bonds. The fourth-order valence-electron chi connectivity index (χ4n) is 3.40. The van der Waals surface area contributed by atoms with Gasteiger partial charge in [-0.15, -0.1) is 0 Å². The molecule has 3 heterocycles. The molecule has 0 spiro atoms. The van der Waals surface area contributed by atoms with Crippen molar-refractivity contribution in [1.82, 2.24) is 9.88 Å². The van der Waals surface area contributed by atoms with Crippen LogP contribution >= 0.6 is 0 Å². The number of nitrogens with zero attached hydrogens (tertiary/aromatic N) is 1. The number of aromatic nitrogens is 1. The number of hydrogen-bond donors (Lipinski definition) is 1. The van der Waals surface area contributed by atoms with Crippen LogP contribution in [0.3, 0.4) is 0 Å². The van der Waals surface area contributed by atoms with E-state index in [1.54, 1.807) is 11.1 Å². The van der Waals surface area contributed by atoms with Crippen LogP contribution in [0.5, 0.6) is 0 Å². The minimum atomic E-state index is -0.409. The van der Waals surface area contributed by atoms with Gasteiger partial charge in [0.05, 0.1) is 11.6 Å². The van der Waals surface area contributed by atoms with Gasteiger partial charge >= 0.3 is 0 Å². The first-order valence-corrected chi connectivity index (χ1v) is 7.34. The molecule has 0 unspecified atom stereocenters. The average molecular weight is 280 g/mol. The summed E-state index contributed by atoms with van der Waals surface area (Å²) in [6, 6.07) is 7.65. The molecule has 0 radical (unpaired) electrons. The molecule has 1 fully saturated rings. The molecule has 1 saturated heterocycles. The highest BCUT2D eigenvalue weighted by molar-refractivity contribution is 6.45. The van der Waals surface area contributed by atoms with E-state index in [-0.39, 0.29) is 11.9 Å². The number of nitrogens with one attached hydrogen (secondary N) is 1. The Labute approximate surface area is 122 Å². The quantitative estimate of drug-likeness (QED) is 0.522. The smallest absolute Gasteiger partial charge is 0.295 e. The Morgan fingerprint density at radius 3 is 2.71 bits per heavy atom. The zero-order valence-electron chi connectivity index (χ0n) is 11.6. The summed E-state index contributed by atoms with van der Waals surface area (Å²) in [6.07, 6.45) is 7.97. The van der Waals surface area contributed by atoms with Crippen molar-refractivity contribution in [2.24, 2.45) is 5.92 Å². The number of aromatic amines is 1. The van der Waals surface area contributed by atoms with Crippen molar-refractivity contribution in [3.63, 3.8) is 0 Å². The number of carbonyl (C=O) groups excluding carboxylic acids is 2. The van der Waals surface area contributed by atoms with Gasteiger partial charge in [0, 0.05) is 23.6 Å². The lowest BCUT2D eigenvalue weighted by molar-refractivity contribution is -0.130. The van der Waals surface area contributed by atoms with Crippen LogP contribution in [-0.4, -0.2) is 34.2 Å². The number of hydrogen-bond acceptors (Lipinski definition) is 2. The van der Waals surface area contributed by atoms with Gasteiger partial charge in [-0.1, -0.05) is 30.4 Å². The second-order valence-corrected chi connectivity index (χ2v) is 5.82. The molecule has 21 heavy (non-hydrogen) atoms. The third kappa shape index (κ3) is 1.90. The van der Waals surface area contributed by atoms with Gasteiger partial charge < -0.3 is 9.88 Å². The van der Waals surface area contributed by atoms with Gasteiger partial charge in [0.25, 0.3) is 11.7 Å². The molecule has 4 nitrogen and oxygen atoms in total. The molecule has 1 aliphatic carbocycles. The third-order valence-corrected chi connectivity index (χ3v) is 4.56. The van der Waals surface area contributed by atoms with Crippen molar-refractivity contribution in [2.45, 2.75) is 18.9 Å². The normalized spacial score (nSPS) is 23.7. The molecule has 4 heteroatoms. The molecule has 3 aliphatic rings. The van der Waals surface area contributed by atoms with Crippen LogP contribution in [0.2, 0.25) is 0 Å². The fourth-order valence-corrected chi connectivity index (χ4v) is 3.40. The molecular formula is C17H16N2O2. The van der Waals surface area contributed by atoms with E-state index in [0.29, 0.717) is 18.0 Å². The first-order valence-electron chi connectivity index (χ1n) is 7.34. The van der Waals surface area contributed by atoms with Gasteiger partial charge in [0.2, 0.25) is 0 Å². The Morgan fingerprint density at radius 2 is 2.00 bits per heavy atom. The lowest BCUT2D eigenvalue weighted by atomic mass is 9.85. The Hall–Kier alpha value is -2.36. The maximum atomic E-state index is 12.6. The molecular weight excluding hydrogens is 264 g/mol. The number of ketones is 1. The maximum absolute atomic E-state index is 12.6. The molecule has 106 valence electrons. The van der Waals surface area contributed by atoms with Crippen molar-refractivity contribution >= 4 is 22.6 Å². The summed E-state index contributed by atoms with van der Waals surface area (Å²) < 4.78 is 0. The third-order valence-electron chi connectivity index (χ3n) is 4.56. The Morgan fingerprint density at radius 1 is 1.14 bits per heavy atom. The molecule has 2 aromatic rings. The number of H-pyrrole nitrogens is 1. The van der Waals surface area contributed by atoms with Crippen LogP contribution in [-0.2, 0) is 4.79 Å². The SMILES string of the molecule is O=C(C(=O)N1C[C@H]2C=C[C@H]1CC2)c1c[nH]c2ccccc12. The van der Waals surface area contributed by atoms with Gasteiger partial charge in [-0.2, -0.15) is 0 Å². The molecule has 2 bridgehead atoms. The number of rotatable bonds is 2. The van der Waals surface area contributed by atoms with Gasteiger partial charge in [-0.25, -0.2) is 0 Å². The van der Waals surface area contributed by atoms with Crippen molar-refractivity contribution in [3.8, 4) is 0 Å². The summed E-state index contributed by atoms with van der Waals surface area (Å²) >= 11 is 0. The van der Waals surface area contributed by atoms with E-state index in [0.717, 1.165) is 23.7 Å². The number of piperidine rings is 1. The van der Waals surface area contributed by atoms with Crippen LogP contribution in [0.1, 0.15) is 23.2 Å². The first-order chi connectivity index (χ1) is 10.2. The zero-order valence-corrected chi connectivity index (χ0v) is 11.6. The van der Waals surface area contributed by atoms with Crippen LogP contribution in [0.15, 0.2) is 42.6 Å².